The fourth-order valence-electron chi connectivity index (χ4n) is 3.09. The molecule has 0 fully saturated rings. The molecule has 0 aliphatic rings. The number of halogens is 2. The summed E-state index contributed by atoms with van der Waals surface area (Å²) >= 11 is 17.8. The van der Waals surface area contributed by atoms with Crippen LogP contribution in [0.3, 0.4) is 0 Å². The van der Waals surface area contributed by atoms with Crippen LogP contribution in [0.15, 0.2) is 77.4 Å². The molecule has 1 heterocycles. The molecule has 4 rings (SSSR count). The predicted octanol–water partition coefficient (Wildman–Crippen LogP) is 6.12. The van der Waals surface area contributed by atoms with Crippen LogP contribution in [0.5, 0.6) is 0 Å². The third-order valence-electron chi connectivity index (χ3n) is 4.56. The molecule has 0 saturated carbocycles. The van der Waals surface area contributed by atoms with Gasteiger partial charge in [-0.3, -0.25) is 14.9 Å². The predicted molar refractivity (Wildman–Crippen MR) is 131 cm³/mol. The Bertz CT molecular complexity index is 1340. The molecule has 160 valence electrons. The zero-order chi connectivity index (χ0) is 22.7. The largest absolute Gasteiger partial charge is 0.459 e. The molecule has 0 radical (unpaired) electrons. The smallest absolute Gasteiger partial charge is 0.291 e. The van der Waals surface area contributed by atoms with Gasteiger partial charge < -0.3 is 15.1 Å². The molecule has 3 N–H and O–H groups in total. The molecule has 2 amide bonds. The number of thiocarbonyl (C=S) groups is 1. The maximum Gasteiger partial charge on any atom is 0.291 e. The van der Waals surface area contributed by atoms with Crippen molar-refractivity contribution >= 4 is 74.5 Å². The van der Waals surface area contributed by atoms with Gasteiger partial charge in [0.2, 0.25) is 0 Å². The van der Waals surface area contributed by atoms with Gasteiger partial charge in [-0.05, 0) is 60.1 Å². The average Bonchev–Trinajstić information content (AvgIpc) is 3.30. The summed E-state index contributed by atoms with van der Waals surface area (Å²) in [6.45, 7) is 0. The van der Waals surface area contributed by atoms with Crippen LogP contribution in [0, 0.1) is 0 Å². The van der Waals surface area contributed by atoms with Crippen molar-refractivity contribution in [2.75, 3.05) is 10.6 Å². The molecule has 0 aliphatic carbocycles. The van der Waals surface area contributed by atoms with Gasteiger partial charge in [-0.25, -0.2) is 0 Å². The van der Waals surface area contributed by atoms with Gasteiger partial charge in [-0.1, -0.05) is 47.5 Å². The van der Waals surface area contributed by atoms with Crippen molar-refractivity contribution < 1.29 is 14.0 Å². The molecule has 0 unspecified atom stereocenters. The number of anilines is 2. The molecule has 4 aromatic rings. The Morgan fingerprint density at radius 1 is 0.812 bits per heavy atom. The summed E-state index contributed by atoms with van der Waals surface area (Å²) in [6, 6.07) is 18.7. The highest BCUT2D eigenvalue weighted by atomic mass is 35.5. The number of hydrogen-bond acceptors (Lipinski definition) is 4. The lowest BCUT2D eigenvalue weighted by Gasteiger charge is -2.13. The first kappa shape index (κ1) is 21.8. The monoisotopic (exact) mass is 483 g/mol. The van der Waals surface area contributed by atoms with Crippen molar-refractivity contribution in [3.8, 4) is 0 Å². The lowest BCUT2D eigenvalue weighted by Crippen LogP contribution is -2.34. The van der Waals surface area contributed by atoms with E-state index in [0.717, 1.165) is 10.8 Å². The first-order valence-electron chi connectivity index (χ1n) is 9.36. The summed E-state index contributed by atoms with van der Waals surface area (Å²) < 4.78 is 5.06. The van der Waals surface area contributed by atoms with Crippen molar-refractivity contribution in [3.05, 3.63) is 94.4 Å². The number of furan rings is 1. The van der Waals surface area contributed by atoms with Crippen LogP contribution in [0.2, 0.25) is 10.0 Å². The Morgan fingerprint density at radius 2 is 1.59 bits per heavy atom. The summed E-state index contributed by atoms with van der Waals surface area (Å²) in [5.41, 5.74) is 1.39. The molecule has 3 aromatic carbocycles. The third-order valence-corrected chi connectivity index (χ3v) is 5.41. The molecule has 0 atom stereocenters. The van der Waals surface area contributed by atoms with Crippen LogP contribution in [-0.2, 0) is 0 Å². The van der Waals surface area contributed by atoms with Crippen LogP contribution in [0.25, 0.3) is 10.8 Å². The Hall–Kier alpha value is -3.39. The van der Waals surface area contributed by atoms with E-state index >= 15 is 0 Å². The maximum atomic E-state index is 12.8. The van der Waals surface area contributed by atoms with Crippen LogP contribution < -0.4 is 16.0 Å². The van der Waals surface area contributed by atoms with E-state index in [0.29, 0.717) is 22.0 Å². The average molecular weight is 484 g/mol. The molecule has 0 aliphatic heterocycles. The molecular weight excluding hydrogens is 469 g/mol. The van der Waals surface area contributed by atoms with Crippen molar-refractivity contribution in [1.29, 1.82) is 0 Å². The minimum Gasteiger partial charge on any atom is -0.459 e. The topological polar surface area (TPSA) is 83.4 Å². The van der Waals surface area contributed by atoms with Gasteiger partial charge in [0.05, 0.1) is 17.0 Å². The maximum absolute atomic E-state index is 12.8. The number of fused-ring (bicyclic) bond motifs is 1. The molecule has 0 saturated heterocycles. The molecule has 6 nitrogen and oxygen atoms in total. The highest BCUT2D eigenvalue weighted by Gasteiger charge is 2.14. The van der Waals surface area contributed by atoms with Gasteiger partial charge in [-0.2, -0.15) is 0 Å². The van der Waals surface area contributed by atoms with Crippen molar-refractivity contribution in [2.45, 2.75) is 0 Å². The third kappa shape index (κ3) is 4.75. The van der Waals surface area contributed by atoms with E-state index in [2.05, 4.69) is 16.0 Å². The molecule has 0 bridgehead atoms. The quantitative estimate of drug-likeness (QED) is 0.304. The van der Waals surface area contributed by atoms with Crippen LogP contribution in [0.1, 0.15) is 20.9 Å². The molecule has 0 spiro atoms. The second-order valence-electron chi connectivity index (χ2n) is 6.67. The summed E-state index contributed by atoms with van der Waals surface area (Å²) in [5, 5.41) is 10.7. The van der Waals surface area contributed by atoms with Gasteiger partial charge >= 0.3 is 0 Å². The summed E-state index contributed by atoms with van der Waals surface area (Å²) in [5.74, 6) is -0.624. The van der Waals surface area contributed by atoms with E-state index < -0.39 is 5.91 Å². The van der Waals surface area contributed by atoms with Crippen molar-refractivity contribution in [2.24, 2.45) is 0 Å². The van der Waals surface area contributed by atoms with Crippen molar-refractivity contribution in [1.82, 2.24) is 5.32 Å². The number of rotatable bonds is 4. The van der Waals surface area contributed by atoms with Gasteiger partial charge in [-0.15, -0.1) is 0 Å². The van der Waals surface area contributed by atoms with Gasteiger partial charge in [0.15, 0.2) is 10.9 Å². The summed E-state index contributed by atoms with van der Waals surface area (Å²) in [4.78, 5) is 24.9. The first-order valence-corrected chi connectivity index (χ1v) is 10.5. The van der Waals surface area contributed by atoms with Crippen molar-refractivity contribution in [3.63, 3.8) is 0 Å². The fraction of sp³-hybridized carbons (Fsp3) is 0. The number of amides is 2. The summed E-state index contributed by atoms with van der Waals surface area (Å²) in [6.07, 6.45) is 1.41. The second kappa shape index (κ2) is 9.40. The summed E-state index contributed by atoms with van der Waals surface area (Å²) in [7, 11) is 0. The Kier molecular flexibility index (Phi) is 6.41. The second-order valence-corrected chi connectivity index (χ2v) is 7.90. The fourth-order valence-corrected chi connectivity index (χ4v) is 3.76. The Balaban J connectivity index is 1.43. The number of carbonyl (C=O) groups is 2. The molecular formula is C23H15Cl2N3O3S. The number of carbonyl (C=O) groups excluding carboxylic acids is 2. The minimum atomic E-state index is -0.421. The lowest BCUT2D eigenvalue weighted by atomic mass is 10.0. The number of hydrogen-bond donors (Lipinski definition) is 3. The van der Waals surface area contributed by atoms with Gasteiger partial charge in [0, 0.05) is 21.7 Å². The number of nitrogens with one attached hydrogen (secondary N) is 3. The lowest BCUT2D eigenvalue weighted by molar-refractivity contribution is 0.0976. The van der Waals surface area contributed by atoms with E-state index in [1.165, 1.54) is 6.26 Å². The Morgan fingerprint density at radius 3 is 2.34 bits per heavy atom. The zero-order valence-electron chi connectivity index (χ0n) is 16.3. The van der Waals surface area contributed by atoms with E-state index in [4.69, 9.17) is 39.8 Å². The molecule has 32 heavy (non-hydrogen) atoms. The molecule has 1 aromatic heterocycles. The standard InChI is InChI=1S/C23H15Cl2N3O3S/c24-17-7-2-4-14-15(17)5-1-6-16(14)21(29)28-23(32)26-13-9-10-19(18(25)12-13)27-22(30)20-8-3-11-31-20/h1-12H,(H,27,30)(H2,26,28,29,32). The SMILES string of the molecule is O=C(Nc1ccc(NC(=S)NC(=O)c2cccc3c(Cl)cccc23)cc1Cl)c1ccco1. The van der Waals surface area contributed by atoms with E-state index in [1.54, 1.807) is 54.6 Å². The highest BCUT2D eigenvalue weighted by Crippen LogP contribution is 2.27. The number of benzene rings is 3. The first-order chi connectivity index (χ1) is 15.4. The van der Waals surface area contributed by atoms with Gasteiger partial charge in [0.25, 0.3) is 11.8 Å². The van der Waals surface area contributed by atoms with Gasteiger partial charge in [0.1, 0.15) is 0 Å². The van der Waals surface area contributed by atoms with E-state index in [1.807, 2.05) is 12.1 Å². The molecule has 9 heteroatoms. The van der Waals surface area contributed by atoms with Crippen LogP contribution >= 0.6 is 35.4 Å². The van der Waals surface area contributed by atoms with Crippen LogP contribution in [0.4, 0.5) is 11.4 Å². The zero-order valence-corrected chi connectivity index (χ0v) is 18.6. The van der Waals surface area contributed by atoms with E-state index in [9.17, 15) is 9.59 Å². The Labute approximate surface area is 198 Å². The highest BCUT2D eigenvalue weighted by molar-refractivity contribution is 7.80. The minimum absolute atomic E-state index is 0.0949. The normalized spacial score (nSPS) is 10.6. The van der Waals surface area contributed by atoms with E-state index in [-0.39, 0.29) is 21.8 Å². The van der Waals surface area contributed by atoms with Crippen LogP contribution in [-0.4, -0.2) is 16.9 Å².